The topological polar surface area (TPSA) is 75.7 Å². The zero-order valence-electron chi connectivity index (χ0n) is 15.8. The average Bonchev–Trinajstić information content (AvgIpc) is 2.55. The van der Waals surface area contributed by atoms with Crippen molar-refractivity contribution in [2.24, 2.45) is 0 Å². The maximum atomic E-state index is 14.0. The first-order valence-electron chi connectivity index (χ1n) is 8.89. The highest BCUT2D eigenvalue weighted by Crippen LogP contribution is 2.26. The number of amides is 1. The Morgan fingerprint density at radius 3 is 2.70 bits per heavy atom. The molecule has 2 rings (SSSR count). The van der Waals surface area contributed by atoms with Gasteiger partial charge in [-0.3, -0.25) is 0 Å². The summed E-state index contributed by atoms with van der Waals surface area (Å²) < 4.78 is 46.4. The van der Waals surface area contributed by atoms with Gasteiger partial charge in [0.15, 0.2) is 0 Å². The van der Waals surface area contributed by atoms with Crippen LogP contribution in [0, 0.1) is 5.82 Å². The molecule has 0 radical (unpaired) electrons. The summed E-state index contributed by atoms with van der Waals surface area (Å²) in [4.78, 5) is 11.9. The molecule has 1 atom stereocenters. The number of ether oxygens (including phenoxy) is 1. The van der Waals surface area contributed by atoms with Crippen LogP contribution in [0.4, 0.5) is 9.18 Å². The summed E-state index contributed by atoms with van der Waals surface area (Å²) in [6, 6.07) is 3.69. The number of nitrogens with zero attached hydrogens (tertiary/aromatic N) is 1. The van der Waals surface area contributed by atoms with Gasteiger partial charge in [0.2, 0.25) is 10.0 Å². The second kappa shape index (κ2) is 8.75. The first kappa shape index (κ1) is 21.9. The number of piperidine rings is 1. The molecule has 27 heavy (non-hydrogen) atoms. The van der Waals surface area contributed by atoms with Crippen LogP contribution >= 0.6 is 11.6 Å². The number of rotatable bonds is 5. The second-order valence-corrected chi connectivity index (χ2v) is 9.93. The Morgan fingerprint density at radius 2 is 2.07 bits per heavy atom. The van der Waals surface area contributed by atoms with Crippen molar-refractivity contribution in [2.45, 2.75) is 57.4 Å². The molecule has 1 N–H and O–H groups in total. The molecule has 0 saturated carbocycles. The molecule has 1 fully saturated rings. The lowest BCUT2D eigenvalue weighted by Gasteiger charge is -2.35. The first-order chi connectivity index (χ1) is 12.5. The Balaban J connectivity index is 2.10. The number of carbonyl (C=O) groups is 1. The minimum absolute atomic E-state index is 0.0383. The molecule has 6 nitrogen and oxygen atoms in total. The Morgan fingerprint density at radius 1 is 1.37 bits per heavy atom. The fraction of sp³-hybridized carbons (Fsp3) is 0.611. The molecule has 0 unspecified atom stereocenters. The number of benzene rings is 1. The summed E-state index contributed by atoms with van der Waals surface area (Å²) in [5.74, 6) is -1.16. The molecule has 1 aliphatic rings. The van der Waals surface area contributed by atoms with Crippen LogP contribution < -0.4 is 5.32 Å². The number of hydrogen-bond donors (Lipinski definition) is 1. The van der Waals surface area contributed by atoms with E-state index in [0.29, 0.717) is 19.4 Å². The lowest BCUT2D eigenvalue weighted by Crippen LogP contribution is -2.50. The monoisotopic (exact) mass is 420 g/mol. The number of sulfonamides is 1. The Bertz CT molecular complexity index is 760. The molecule has 1 aromatic rings. The van der Waals surface area contributed by atoms with E-state index in [2.05, 4.69) is 5.32 Å². The van der Waals surface area contributed by atoms with Crippen molar-refractivity contribution in [1.29, 1.82) is 0 Å². The molecule has 1 saturated heterocycles. The quantitative estimate of drug-likeness (QED) is 0.788. The maximum absolute atomic E-state index is 14.0. The van der Waals surface area contributed by atoms with Crippen molar-refractivity contribution in [3.63, 3.8) is 0 Å². The van der Waals surface area contributed by atoms with Gasteiger partial charge in [0.1, 0.15) is 11.4 Å². The fourth-order valence-corrected chi connectivity index (χ4v) is 5.17. The minimum Gasteiger partial charge on any atom is -0.444 e. The molecule has 0 spiro atoms. The third-order valence-electron chi connectivity index (χ3n) is 4.20. The van der Waals surface area contributed by atoms with E-state index in [1.165, 1.54) is 22.5 Å². The van der Waals surface area contributed by atoms with Gasteiger partial charge in [-0.05, 0) is 45.7 Å². The van der Waals surface area contributed by atoms with Gasteiger partial charge in [0, 0.05) is 29.7 Å². The first-order valence-corrected chi connectivity index (χ1v) is 10.9. The fourth-order valence-electron chi connectivity index (χ4n) is 3.00. The lowest BCUT2D eigenvalue weighted by molar-refractivity contribution is 0.0512. The Kier molecular flexibility index (Phi) is 7.10. The van der Waals surface area contributed by atoms with E-state index in [1.807, 2.05) is 0 Å². The number of alkyl carbamates (subject to hydrolysis) is 1. The Labute approximate surface area is 165 Å². The largest absolute Gasteiger partial charge is 0.444 e. The Hall–Kier alpha value is -1.38. The SMILES string of the molecule is CC(C)(C)OC(=O)NC[C@@H]1CCCCN1S(=O)(=O)Cc1c(F)cccc1Cl. The normalized spacial score (nSPS) is 18.9. The van der Waals surface area contributed by atoms with Gasteiger partial charge >= 0.3 is 6.09 Å². The van der Waals surface area contributed by atoms with E-state index < -0.39 is 39.3 Å². The van der Waals surface area contributed by atoms with Gasteiger partial charge in [-0.1, -0.05) is 24.1 Å². The smallest absolute Gasteiger partial charge is 0.407 e. The van der Waals surface area contributed by atoms with E-state index in [-0.39, 0.29) is 17.1 Å². The third-order valence-corrected chi connectivity index (χ3v) is 6.40. The molecular weight excluding hydrogens is 395 g/mol. The number of nitrogens with one attached hydrogen (secondary N) is 1. The van der Waals surface area contributed by atoms with Crippen molar-refractivity contribution in [2.75, 3.05) is 13.1 Å². The van der Waals surface area contributed by atoms with Crippen LogP contribution in [0.3, 0.4) is 0 Å². The predicted octanol–water partition coefficient (Wildman–Crippen LogP) is 3.69. The summed E-state index contributed by atoms with van der Waals surface area (Å²) in [6.45, 7) is 5.72. The van der Waals surface area contributed by atoms with Gasteiger partial charge < -0.3 is 10.1 Å². The van der Waals surface area contributed by atoms with E-state index in [0.717, 1.165) is 6.42 Å². The second-order valence-electron chi connectivity index (χ2n) is 7.60. The van der Waals surface area contributed by atoms with Crippen molar-refractivity contribution >= 4 is 27.7 Å². The highest BCUT2D eigenvalue weighted by atomic mass is 35.5. The standard InChI is InChI=1S/C18H26ClFN2O4S/c1-18(2,3)26-17(23)21-11-13-7-4-5-10-22(13)27(24,25)12-14-15(19)8-6-9-16(14)20/h6,8-9,13H,4-5,7,10-12H2,1-3H3,(H,21,23)/t13-/m0/s1. The molecule has 9 heteroatoms. The molecule has 1 amide bonds. The summed E-state index contributed by atoms with van der Waals surface area (Å²) in [5, 5.41) is 2.71. The van der Waals surface area contributed by atoms with E-state index in [9.17, 15) is 17.6 Å². The zero-order valence-corrected chi connectivity index (χ0v) is 17.4. The molecule has 1 heterocycles. The van der Waals surface area contributed by atoms with Crippen molar-refractivity contribution in [1.82, 2.24) is 9.62 Å². The molecular formula is C18H26ClFN2O4S. The lowest BCUT2D eigenvalue weighted by atomic mass is 10.1. The third kappa shape index (κ3) is 6.33. The van der Waals surface area contributed by atoms with Crippen LogP contribution in [0.15, 0.2) is 18.2 Å². The van der Waals surface area contributed by atoms with Crippen molar-refractivity contribution < 1.29 is 22.3 Å². The molecule has 152 valence electrons. The average molecular weight is 421 g/mol. The minimum atomic E-state index is -3.80. The van der Waals surface area contributed by atoms with Crippen molar-refractivity contribution in [3.8, 4) is 0 Å². The van der Waals surface area contributed by atoms with Gasteiger partial charge in [0.05, 0.1) is 5.75 Å². The predicted molar refractivity (Wildman–Crippen MR) is 103 cm³/mol. The van der Waals surface area contributed by atoms with E-state index >= 15 is 0 Å². The molecule has 0 bridgehead atoms. The molecule has 1 aromatic carbocycles. The number of hydrogen-bond acceptors (Lipinski definition) is 4. The van der Waals surface area contributed by atoms with E-state index in [1.54, 1.807) is 20.8 Å². The number of halogens is 2. The van der Waals surface area contributed by atoms with Gasteiger partial charge in [-0.25, -0.2) is 17.6 Å². The van der Waals surface area contributed by atoms with Gasteiger partial charge in [-0.2, -0.15) is 4.31 Å². The number of carbonyl (C=O) groups excluding carboxylic acids is 1. The summed E-state index contributed by atoms with van der Waals surface area (Å²) in [6.07, 6.45) is 1.59. The molecule has 0 aliphatic carbocycles. The van der Waals surface area contributed by atoms with Crippen LogP contribution in [0.1, 0.15) is 45.6 Å². The summed E-state index contributed by atoms with van der Waals surface area (Å²) in [7, 11) is -3.80. The highest BCUT2D eigenvalue weighted by molar-refractivity contribution is 7.88. The van der Waals surface area contributed by atoms with Crippen LogP contribution in [-0.2, 0) is 20.5 Å². The highest BCUT2D eigenvalue weighted by Gasteiger charge is 2.33. The van der Waals surface area contributed by atoms with Crippen LogP contribution in [0.2, 0.25) is 5.02 Å². The zero-order chi connectivity index (χ0) is 20.2. The maximum Gasteiger partial charge on any atom is 0.407 e. The van der Waals surface area contributed by atoms with Crippen molar-refractivity contribution in [3.05, 3.63) is 34.6 Å². The van der Waals surface area contributed by atoms with Crippen LogP contribution in [-0.4, -0.2) is 43.5 Å². The van der Waals surface area contributed by atoms with Gasteiger partial charge in [0.25, 0.3) is 0 Å². The molecule has 1 aliphatic heterocycles. The van der Waals surface area contributed by atoms with E-state index in [4.69, 9.17) is 16.3 Å². The van der Waals surface area contributed by atoms with Crippen LogP contribution in [0.5, 0.6) is 0 Å². The van der Waals surface area contributed by atoms with Gasteiger partial charge in [-0.15, -0.1) is 0 Å². The summed E-state index contributed by atoms with van der Waals surface area (Å²) >= 11 is 5.98. The summed E-state index contributed by atoms with van der Waals surface area (Å²) in [5.41, 5.74) is -0.673. The van der Waals surface area contributed by atoms with Crippen LogP contribution in [0.25, 0.3) is 0 Å². The molecule has 0 aromatic heterocycles.